The Morgan fingerprint density at radius 3 is 2.35 bits per heavy atom. The maximum absolute atomic E-state index is 12.6. The number of nitrogens with zero attached hydrogens (tertiary/aromatic N) is 1. The summed E-state index contributed by atoms with van der Waals surface area (Å²) < 4.78 is 0. The first-order valence-corrected chi connectivity index (χ1v) is 7.07. The molecule has 0 aliphatic heterocycles. The van der Waals surface area contributed by atoms with E-state index in [1.807, 2.05) is 0 Å². The van der Waals surface area contributed by atoms with Gasteiger partial charge in [-0.25, -0.2) is 4.79 Å². The molecule has 0 unspecified atom stereocenters. The van der Waals surface area contributed by atoms with Crippen LogP contribution in [0.3, 0.4) is 0 Å². The van der Waals surface area contributed by atoms with Crippen molar-refractivity contribution in [2.75, 3.05) is 0 Å². The number of carboxylic acid groups (broad SMARTS) is 1. The van der Waals surface area contributed by atoms with Gasteiger partial charge >= 0.3 is 5.97 Å². The van der Waals surface area contributed by atoms with E-state index < -0.39 is 16.7 Å². The SMILES string of the molecule is CCc1cc(C(=O)O)ccc1C(=O)c1ccc([N+](=O)[O-])cc1Cl. The molecule has 0 spiro atoms. The Labute approximate surface area is 136 Å². The lowest BCUT2D eigenvalue weighted by Crippen LogP contribution is -2.08. The van der Waals surface area contributed by atoms with Crippen LogP contribution in [0.25, 0.3) is 0 Å². The molecular formula is C16H12ClNO5. The van der Waals surface area contributed by atoms with Crippen molar-refractivity contribution in [3.63, 3.8) is 0 Å². The van der Waals surface area contributed by atoms with Gasteiger partial charge in [-0.05, 0) is 36.2 Å². The highest BCUT2D eigenvalue weighted by atomic mass is 35.5. The fourth-order valence-electron chi connectivity index (χ4n) is 2.19. The van der Waals surface area contributed by atoms with Gasteiger partial charge in [-0.2, -0.15) is 0 Å². The number of non-ortho nitro benzene ring substituents is 1. The Morgan fingerprint density at radius 2 is 1.83 bits per heavy atom. The second-order valence-electron chi connectivity index (χ2n) is 4.78. The normalized spacial score (nSPS) is 10.3. The lowest BCUT2D eigenvalue weighted by molar-refractivity contribution is -0.384. The number of carboxylic acids is 1. The van der Waals surface area contributed by atoms with Crippen LogP contribution in [-0.4, -0.2) is 21.8 Å². The summed E-state index contributed by atoms with van der Waals surface area (Å²) in [6, 6.07) is 7.83. The minimum absolute atomic E-state index is 0.0198. The number of rotatable bonds is 5. The van der Waals surface area contributed by atoms with Gasteiger partial charge in [-0.3, -0.25) is 14.9 Å². The molecule has 0 atom stereocenters. The first-order chi connectivity index (χ1) is 10.8. The van der Waals surface area contributed by atoms with Crippen molar-refractivity contribution in [2.45, 2.75) is 13.3 Å². The topological polar surface area (TPSA) is 97.5 Å². The van der Waals surface area contributed by atoms with E-state index in [2.05, 4.69) is 0 Å². The Hall–Kier alpha value is -2.73. The summed E-state index contributed by atoms with van der Waals surface area (Å²) in [6.07, 6.45) is 0.465. The lowest BCUT2D eigenvalue weighted by Gasteiger charge is -2.09. The van der Waals surface area contributed by atoms with Gasteiger partial charge in [0.05, 0.1) is 15.5 Å². The average Bonchev–Trinajstić information content (AvgIpc) is 2.53. The van der Waals surface area contributed by atoms with Gasteiger partial charge in [0, 0.05) is 23.3 Å². The average molecular weight is 334 g/mol. The van der Waals surface area contributed by atoms with E-state index >= 15 is 0 Å². The Bertz CT molecular complexity index is 816. The molecule has 0 aromatic heterocycles. The molecule has 0 amide bonds. The summed E-state index contributed by atoms with van der Waals surface area (Å²) >= 11 is 5.98. The van der Waals surface area contributed by atoms with Gasteiger partial charge in [0.15, 0.2) is 5.78 Å². The molecule has 0 saturated carbocycles. The summed E-state index contributed by atoms with van der Waals surface area (Å²) in [4.78, 5) is 33.7. The monoisotopic (exact) mass is 333 g/mol. The second-order valence-corrected chi connectivity index (χ2v) is 5.19. The van der Waals surface area contributed by atoms with Crippen LogP contribution in [-0.2, 0) is 6.42 Å². The summed E-state index contributed by atoms with van der Waals surface area (Å²) in [7, 11) is 0. The standard InChI is InChI=1S/C16H12ClNO5/c1-2-9-7-10(16(20)21)3-5-12(9)15(19)13-6-4-11(18(22)23)8-14(13)17/h3-8H,2H2,1H3,(H,20,21). The van der Waals surface area contributed by atoms with Gasteiger partial charge < -0.3 is 5.11 Å². The third-order valence-corrected chi connectivity index (χ3v) is 3.70. The van der Waals surface area contributed by atoms with Crippen LogP contribution in [0.2, 0.25) is 5.02 Å². The third kappa shape index (κ3) is 3.37. The van der Waals surface area contributed by atoms with Crippen LogP contribution >= 0.6 is 11.6 Å². The molecule has 2 rings (SSSR count). The van der Waals surface area contributed by atoms with Crippen LogP contribution in [0.15, 0.2) is 36.4 Å². The fraction of sp³-hybridized carbons (Fsp3) is 0.125. The predicted molar refractivity (Wildman–Crippen MR) is 84.3 cm³/mol. The quantitative estimate of drug-likeness (QED) is 0.510. The molecule has 6 nitrogen and oxygen atoms in total. The number of aryl methyl sites for hydroxylation is 1. The van der Waals surface area contributed by atoms with E-state index in [9.17, 15) is 19.7 Å². The molecule has 0 radical (unpaired) electrons. The van der Waals surface area contributed by atoms with Crippen molar-refractivity contribution in [3.8, 4) is 0 Å². The van der Waals surface area contributed by atoms with Crippen molar-refractivity contribution < 1.29 is 19.6 Å². The Kier molecular flexibility index (Phi) is 4.76. The highest BCUT2D eigenvalue weighted by Crippen LogP contribution is 2.26. The molecule has 7 heteroatoms. The predicted octanol–water partition coefficient (Wildman–Crippen LogP) is 3.74. The molecule has 0 saturated heterocycles. The number of hydrogen-bond acceptors (Lipinski definition) is 4. The van der Waals surface area contributed by atoms with Crippen molar-refractivity contribution in [2.24, 2.45) is 0 Å². The molecule has 0 bridgehead atoms. The second kappa shape index (κ2) is 6.58. The number of carbonyl (C=O) groups is 2. The van der Waals surface area contributed by atoms with E-state index in [1.165, 1.54) is 30.3 Å². The minimum atomic E-state index is -1.08. The van der Waals surface area contributed by atoms with Crippen LogP contribution < -0.4 is 0 Å². The largest absolute Gasteiger partial charge is 0.478 e. The highest BCUT2D eigenvalue weighted by molar-refractivity contribution is 6.35. The van der Waals surface area contributed by atoms with Crippen LogP contribution in [0.5, 0.6) is 0 Å². The number of carbonyl (C=O) groups excluding carboxylic acids is 1. The maximum Gasteiger partial charge on any atom is 0.335 e. The van der Waals surface area contributed by atoms with E-state index in [1.54, 1.807) is 6.92 Å². The molecule has 0 aliphatic carbocycles. The summed E-state index contributed by atoms with van der Waals surface area (Å²) in [5.41, 5.74) is 0.921. The molecule has 0 heterocycles. The van der Waals surface area contributed by atoms with Crippen LogP contribution in [0.1, 0.15) is 38.8 Å². The van der Waals surface area contributed by atoms with Gasteiger partial charge in [-0.15, -0.1) is 0 Å². The smallest absolute Gasteiger partial charge is 0.335 e. The summed E-state index contributed by atoms with van der Waals surface area (Å²) in [6.45, 7) is 1.80. The van der Waals surface area contributed by atoms with E-state index in [0.717, 1.165) is 6.07 Å². The van der Waals surface area contributed by atoms with Crippen molar-refractivity contribution in [3.05, 3.63) is 73.8 Å². The van der Waals surface area contributed by atoms with Crippen molar-refractivity contribution in [1.82, 2.24) is 0 Å². The Morgan fingerprint density at radius 1 is 1.17 bits per heavy atom. The molecule has 2 aromatic carbocycles. The number of nitro benzene ring substituents is 1. The fourth-order valence-corrected chi connectivity index (χ4v) is 2.45. The highest BCUT2D eigenvalue weighted by Gasteiger charge is 2.19. The molecular weight excluding hydrogens is 322 g/mol. The van der Waals surface area contributed by atoms with Gasteiger partial charge in [0.2, 0.25) is 0 Å². The van der Waals surface area contributed by atoms with Crippen LogP contribution in [0.4, 0.5) is 5.69 Å². The van der Waals surface area contributed by atoms with E-state index in [4.69, 9.17) is 16.7 Å². The van der Waals surface area contributed by atoms with Crippen molar-refractivity contribution >= 4 is 29.0 Å². The number of ketones is 1. The molecule has 0 aliphatic rings. The van der Waals surface area contributed by atoms with Crippen LogP contribution in [0, 0.1) is 10.1 Å². The zero-order valence-electron chi connectivity index (χ0n) is 12.1. The first-order valence-electron chi connectivity index (χ1n) is 6.70. The minimum Gasteiger partial charge on any atom is -0.478 e. The molecule has 118 valence electrons. The molecule has 23 heavy (non-hydrogen) atoms. The summed E-state index contributed by atoms with van der Waals surface area (Å²) in [5, 5.41) is 19.7. The van der Waals surface area contributed by atoms with E-state index in [0.29, 0.717) is 17.5 Å². The Balaban J connectivity index is 2.48. The van der Waals surface area contributed by atoms with Crippen molar-refractivity contribution in [1.29, 1.82) is 0 Å². The third-order valence-electron chi connectivity index (χ3n) is 3.39. The number of aromatic carboxylic acids is 1. The lowest BCUT2D eigenvalue weighted by atomic mass is 9.95. The van der Waals surface area contributed by atoms with Gasteiger partial charge in [0.25, 0.3) is 5.69 Å². The number of nitro groups is 1. The molecule has 0 fully saturated rings. The number of hydrogen-bond donors (Lipinski definition) is 1. The van der Waals surface area contributed by atoms with Gasteiger partial charge in [0.1, 0.15) is 0 Å². The van der Waals surface area contributed by atoms with E-state index in [-0.39, 0.29) is 21.8 Å². The summed E-state index contributed by atoms with van der Waals surface area (Å²) in [5.74, 6) is -1.48. The molecule has 2 aromatic rings. The molecule has 1 N–H and O–H groups in total. The zero-order chi connectivity index (χ0) is 17.1. The number of halogens is 1. The maximum atomic E-state index is 12.6. The first kappa shape index (κ1) is 16.6. The van der Waals surface area contributed by atoms with Gasteiger partial charge in [-0.1, -0.05) is 18.5 Å². The zero-order valence-corrected chi connectivity index (χ0v) is 12.8. The number of benzene rings is 2.